The Morgan fingerprint density at radius 3 is 2.67 bits per heavy atom. The summed E-state index contributed by atoms with van der Waals surface area (Å²) in [6.07, 6.45) is 3.84. The maximum Gasteiger partial charge on any atom is 0.264 e. The second-order valence-electron chi connectivity index (χ2n) is 2.14. The molecule has 0 bridgehead atoms. The smallest absolute Gasteiger partial charge is 0.264 e. The number of hydrogen-bond donors (Lipinski definition) is 0. The predicted octanol–water partition coefficient (Wildman–Crippen LogP) is 0.375. The second-order valence-corrected chi connectivity index (χ2v) is 3.78. The van der Waals surface area contributed by atoms with E-state index in [9.17, 15) is 8.42 Å². The van der Waals surface area contributed by atoms with Crippen LogP contribution in [0.3, 0.4) is 0 Å². The van der Waals surface area contributed by atoms with Gasteiger partial charge in [-0.2, -0.15) is 8.42 Å². The number of unbranched alkanes of at least 4 members (excludes halogenated alkanes) is 1. The van der Waals surface area contributed by atoms with Crippen molar-refractivity contribution >= 4 is 16.3 Å². The molecular formula is C6H13NO4S. The molecule has 0 heterocycles. The molecule has 0 aromatic rings. The van der Waals surface area contributed by atoms with Crippen LogP contribution in [0.25, 0.3) is 0 Å². The summed E-state index contributed by atoms with van der Waals surface area (Å²) in [4.78, 5) is 4.40. The molecule has 0 aliphatic rings. The van der Waals surface area contributed by atoms with Gasteiger partial charge >= 0.3 is 0 Å². The van der Waals surface area contributed by atoms with Crippen molar-refractivity contribution < 1.29 is 17.4 Å². The molecule has 0 fully saturated rings. The van der Waals surface area contributed by atoms with Crippen molar-refractivity contribution in [1.82, 2.24) is 0 Å². The summed E-state index contributed by atoms with van der Waals surface area (Å²) in [5.41, 5.74) is 0. The highest BCUT2D eigenvalue weighted by Gasteiger charge is 1.98. The standard InChI is InChI=1S/C6H13NO4S/c1-10-7-5-3-4-6-11-12(2,8)9/h5H,3-4,6H2,1-2H3. The molecule has 5 nitrogen and oxygen atoms in total. The molecule has 0 rings (SSSR count). The molecule has 0 spiro atoms. The lowest BCUT2D eigenvalue weighted by atomic mass is 10.3. The van der Waals surface area contributed by atoms with E-state index in [0.29, 0.717) is 12.8 Å². The molecule has 0 aromatic heterocycles. The van der Waals surface area contributed by atoms with Crippen LogP contribution in [0.15, 0.2) is 5.16 Å². The quantitative estimate of drug-likeness (QED) is 0.266. The Kier molecular flexibility index (Phi) is 5.65. The second kappa shape index (κ2) is 5.96. The Hall–Kier alpha value is -0.620. The van der Waals surface area contributed by atoms with Crippen LogP contribution in [0.4, 0.5) is 0 Å². The first-order valence-electron chi connectivity index (χ1n) is 3.45. The van der Waals surface area contributed by atoms with E-state index in [1.54, 1.807) is 6.21 Å². The fourth-order valence-corrected chi connectivity index (χ4v) is 0.933. The third kappa shape index (κ3) is 9.38. The zero-order valence-electron chi connectivity index (χ0n) is 7.19. The van der Waals surface area contributed by atoms with Gasteiger partial charge in [0.05, 0.1) is 12.9 Å². The van der Waals surface area contributed by atoms with Gasteiger partial charge in [-0.05, 0) is 12.8 Å². The van der Waals surface area contributed by atoms with Gasteiger partial charge in [-0.15, -0.1) is 0 Å². The molecule has 0 unspecified atom stereocenters. The molecule has 0 saturated heterocycles. The third-order valence-electron chi connectivity index (χ3n) is 0.955. The average Bonchev–Trinajstić information content (AvgIpc) is 1.94. The first kappa shape index (κ1) is 11.4. The summed E-state index contributed by atoms with van der Waals surface area (Å²) >= 11 is 0. The van der Waals surface area contributed by atoms with E-state index in [1.807, 2.05) is 0 Å². The summed E-state index contributed by atoms with van der Waals surface area (Å²) in [5, 5.41) is 3.48. The lowest BCUT2D eigenvalue weighted by Gasteiger charge is -1.97. The molecule has 0 aromatic carbocycles. The molecule has 0 aliphatic carbocycles. The number of nitrogens with zero attached hydrogens (tertiary/aromatic N) is 1. The zero-order valence-corrected chi connectivity index (χ0v) is 8.00. The minimum absolute atomic E-state index is 0.189. The topological polar surface area (TPSA) is 65.0 Å². The number of hydrogen-bond acceptors (Lipinski definition) is 5. The van der Waals surface area contributed by atoms with E-state index >= 15 is 0 Å². The molecule has 0 atom stereocenters. The summed E-state index contributed by atoms with van der Waals surface area (Å²) in [6, 6.07) is 0. The monoisotopic (exact) mass is 195 g/mol. The van der Waals surface area contributed by atoms with Crippen molar-refractivity contribution in [1.29, 1.82) is 0 Å². The van der Waals surface area contributed by atoms with E-state index in [-0.39, 0.29) is 6.61 Å². The minimum Gasteiger partial charge on any atom is -0.399 e. The van der Waals surface area contributed by atoms with E-state index in [4.69, 9.17) is 0 Å². The average molecular weight is 195 g/mol. The van der Waals surface area contributed by atoms with Gasteiger partial charge in [0.15, 0.2) is 0 Å². The highest BCUT2D eigenvalue weighted by molar-refractivity contribution is 7.85. The van der Waals surface area contributed by atoms with Gasteiger partial charge < -0.3 is 4.84 Å². The molecule has 0 radical (unpaired) electrons. The predicted molar refractivity (Wildman–Crippen MR) is 45.5 cm³/mol. The van der Waals surface area contributed by atoms with E-state index in [0.717, 1.165) is 6.26 Å². The van der Waals surface area contributed by atoms with Crippen LogP contribution < -0.4 is 0 Å². The molecule has 6 heteroatoms. The Balaban J connectivity index is 3.28. The van der Waals surface area contributed by atoms with Crippen LogP contribution in [0, 0.1) is 0 Å². The maximum atomic E-state index is 10.4. The first-order valence-corrected chi connectivity index (χ1v) is 5.27. The summed E-state index contributed by atoms with van der Waals surface area (Å²) in [5.74, 6) is 0. The van der Waals surface area contributed by atoms with Crippen LogP contribution in [0.5, 0.6) is 0 Å². The molecule has 0 saturated carbocycles. The van der Waals surface area contributed by atoms with Crippen LogP contribution in [-0.2, 0) is 19.1 Å². The van der Waals surface area contributed by atoms with E-state index < -0.39 is 10.1 Å². The minimum atomic E-state index is -3.29. The lowest BCUT2D eigenvalue weighted by Crippen LogP contribution is -2.03. The van der Waals surface area contributed by atoms with Crippen molar-refractivity contribution in [3.05, 3.63) is 0 Å². The normalized spacial score (nSPS) is 12.2. The Morgan fingerprint density at radius 1 is 1.50 bits per heavy atom. The van der Waals surface area contributed by atoms with Crippen LogP contribution >= 0.6 is 0 Å². The van der Waals surface area contributed by atoms with Gasteiger partial charge in [-0.25, -0.2) is 0 Å². The van der Waals surface area contributed by atoms with Gasteiger partial charge in [0.1, 0.15) is 7.11 Å². The highest BCUT2D eigenvalue weighted by atomic mass is 32.2. The van der Waals surface area contributed by atoms with Crippen LogP contribution in [-0.4, -0.2) is 34.6 Å². The highest BCUT2D eigenvalue weighted by Crippen LogP contribution is 1.92. The number of oxime groups is 1. The fraction of sp³-hybridized carbons (Fsp3) is 0.833. The maximum absolute atomic E-state index is 10.4. The van der Waals surface area contributed by atoms with Gasteiger partial charge in [-0.3, -0.25) is 4.18 Å². The van der Waals surface area contributed by atoms with Crippen molar-refractivity contribution in [2.75, 3.05) is 20.0 Å². The van der Waals surface area contributed by atoms with Crippen LogP contribution in [0.2, 0.25) is 0 Å². The fourth-order valence-electron chi connectivity index (χ4n) is 0.512. The third-order valence-corrected chi connectivity index (χ3v) is 1.55. The molecule has 0 N–H and O–H groups in total. The van der Waals surface area contributed by atoms with E-state index in [1.165, 1.54) is 7.11 Å². The summed E-state index contributed by atoms with van der Waals surface area (Å²) in [7, 11) is -1.84. The molecular weight excluding hydrogens is 182 g/mol. The van der Waals surface area contributed by atoms with Gasteiger partial charge in [-0.1, -0.05) is 5.16 Å². The molecule has 72 valence electrons. The Morgan fingerprint density at radius 2 is 2.17 bits per heavy atom. The Bertz CT molecular complexity index is 222. The summed E-state index contributed by atoms with van der Waals surface area (Å²) in [6.45, 7) is 0.189. The van der Waals surface area contributed by atoms with Crippen molar-refractivity contribution in [3.63, 3.8) is 0 Å². The lowest BCUT2D eigenvalue weighted by molar-refractivity contribution is 0.214. The number of rotatable bonds is 6. The molecule has 0 amide bonds. The zero-order chi connectivity index (χ0) is 9.45. The molecule has 0 aliphatic heterocycles. The first-order chi connectivity index (χ1) is 5.56. The van der Waals surface area contributed by atoms with E-state index in [2.05, 4.69) is 14.2 Å². The van der Waals surface area contributed by atoms with Gasteiger partial charge in [0.2, 0.25) is 0 Å². The Labute approximate surface area is 72.5 Å². The van der Waals surface area contributed by atoms with Gasteiger partial charge in [0, 0.05) is 6.21 Å². The molecule has 12 heavy (non-hydrogen) atoms. The van der Waals surface area contributed by atoms with Gasteiger partial charge in [0.25, 0.3) is 10.1 Å². The van der Waals surface area contributed by atoms with Crippen molar-refractivity contribution in [2.45, 2.75) is 12.8 Å². The van der Waals surface area contributed by atoms with Crippen LogP contribution in [0.1, 0.15) is 12.8 Å². The van der Waals surface area contributed by atoms with Crippen molar-refractivity contribution in [2.24, 2.45) is 5.16 Å². The summed E-state index contributed by atoms with van der Waals surface area (Å²) < 4.78 is 25.4. The SMILES string of the molecule is CON=CCCCOS(C)(=O)=O. The van der Waals surface area contributed by atoms with Crippen molar-refractivity contribution in [3.8, 4) is 0 Å². The largest absolute Gasteiger partial charge is 0.399 e.